The Bertz CT molecular complexity index is 479. The van der Waals surface area contributed by atoms with Crippen LogP contribution in [-0.4, -0.2) is 43.1 Å². The van der Waals surface area contributed by atoms with Crippen molar-refractivity contribution < 1.29 is 27.1 Å². The first-order chi connectivity index (χ1) is 9.30. The van der Waals surface area contributed by atoms with Gasteiger partial charge in [-0.3, -0.25) is 4.79 Å². The highest BCUT2D eigenvalue weighted by molar-refractivity contribution is 6.18. The van der Waals surface area contributed by atoms with E-state index in [0.717, 1.165) is 6.07 Å². The standard InChI is InChI=1S/C12H12ClF4NO2/c1-20-9-4-2-3-8(14)10(9)11(19)18(6-5-13)7-12(15,16)17/h2-4H,5-7H2,1H3. The summed E-state index contributed by atoms with van der Waals surface area (Å²) in [6, 6.07) is 3.56. The first kappa shape index (κ1) is 16.6. The molecule has 0 N–H and O–H groups in total. The third-order valence-electron chi connectivity index (χ3n) is 2.42. The summed E-state index contributed by atoms with van der Waals surface area (Å²) < 4.78 is 55.8. The van der Waals surface area contributed by atoms with E-state index in [-0.39, 0.29) is 18.2 Å². The molecular weight excluding hydrogens is 302 g/mol. The van der Waals surface area contributed by atoms with Crippen LogP contribution < -0.4 is 4.74 Å². The van der Waals surface area contributed by atoms with Crippen molar-refractivity contribution in [3.8, 4) is 5.75 Å². The van der Waals surface area contributed by atoms with Crippen LogP contribution in [0.1, 0.15) is 10.4 Å². The fourth-order valence-corrected chi connectivity index (χ4v) is 1.81. The van der Waals surface area contributed by atoms with Crippen molar-refractivity contribution in [2.24, 2.45) is 0 Å². The van der Waals surface area contributed by atoms with Gasteiger partial charge < -0.3 is 9.64 Å². The summed E-state index contributed by atoms with van der Waals surface area (Å²) in [5.74, 6) is -2.38. The molecule has 20 heavy (non-hydrogen) atoms. The molecule has 0 aromatic heterocycles. The summed E-state index contributed by atoms with van der Waals surface area (Å²) in [6.07, 6.45) is -4.60. The minimum atomic E-state index is -4.60. The van der Waals surface area contributed by atoms with E-state index in [1.54, 1.807) is 0 Å². The zero-order chi connectivity index (χ0) is 15.3. The number of methoxy groups -OCH3 is 1. The van der Waals surface area contributed by atoms with E-state index in [9.17, 15) is 22.4 Å². The summed E-state index contributed by atoms with van der Waals surface area (Å²) in [4.78, 5) is 12.5. The number of halogens is 5. The molecule has 0 aliphatic heterocycles. The molecule has 0 bridgehead atoms. The molecule has 8 heteroatoms. The number of nitrogens with zero attached hydrogens (tertiary/aromatic N) is 1. The second-order valence-corrected chi connectivity index (χ2v) is 4.23. The van der Waals surface area contributed by atoms with Crippen molar-refractivity contribution >= 4 is 17.5 Å². The number of carbonyl (C=O) groups excluding carboxylic acids is 1. The Morgan fingerprint density at radius 1 is 1.40 bits per heavy atom. The van der Waals surface area contributed by atoms with Crippen molar-refractivity contribution in [1.82, 2.24) is 4.90 Å². The van der Waals surface area contributed by atoms with Crippen LogP contribution in [0.5, 0.6) is 5.75 Å². The number of rotatable bonds is 5. The van der Waals surface area contributed by atoms with Gasteiger partial charge in [0.05, 0.1) is 7.11 Å². The van der Waals surface area contributed by atoms with Crippen LogP contribution in [0, 0.1) is 5.82 Å². The third-order valence-corrected chi connectivity index (χ3v) is 2.59. The van der Waals surface area contributed by atoms with Crippen LogP contribution >= 0.6 is 11.6 Å². The quantitative estimate of drug-likeness (QED) is 0.617. The van der Waals surface area contributed by atoms with Crippen molar-refractivity contribution in [2.45, 2.75) is 6.18 Å². The first-order valence-corrected chi connectivity index (χ1v) is 6.08. The molecule has 0 radical (unpaired) electrons. The van der Waals surface area contributed by atoms with Crippen molar-refractivity contribution in [3.63, 3.8) is 0 Å². The molecule has 0 atom stereocenters. The van der Waals surface area contributed by atoms with Gasteiger partial charge in [0.25, 0.3) is 5.91 Å². The molecule has 0 fully saturated rings. The first-order valence-electron chi connectivity index (χ1n) is 5.54. The molecule has 0 heterocycles. The van der Waals surface area contributed by atoms with Gasteiger partial charge in [0.15, 0.2) is 0 Å². The molecule has 0 aliphatic rings. The van der Waals surface area contributed by atoms with Crippen LogP contribution in [0.2, 0.25) is 0 Å². The fourth-order valence-electron chi connectivity index (χ4n) is 1.61. The maximum Gasteiger partial charge on any atom is 0.406 e. The smallest absolute Gasteiger partial charge is 0.406 e. The molecule has 1 rings (SSSR count). The molecule has 0 unspecified atom stereocenters. The third kappa shape index (κ3) is 4.26. The molecule has 1 amide bonds. The Morgan fingerprint density at radius 3 is 2.55 bits per heavy atom. The van der Waals surface area contributed by atoms with E-state index in [4.69, 9.17) is 16.3 Å². The molecule has 0 saturated heterocycles. The van der Waals surface area contributed by atoms with Crippen LogP contribution in [-0.2, 0) is 0 Å². The minimum absolute atomic E-state index is 0.128. The second-order valence-electron chi connectivity index (χ2n) is 3.85. The number of amides is 1. The van der Waals surface area contributed by atoms with Crippen LogP contribution in [0.4, 0.5) is 17.6 Å². The lowest BCUT2D eigenvalue weighted by Crippen LogP contribution is -2.40. The van der Waals surface area contributed by atoms with Gasteiger partial charge in [-0.25, -0.2) is 4.39 Å². The Morgan fingerprint density at radius 2 is 2.05 bits per heavy atom. The van der Waals surface area contributed by atoms with Crippen molar-refractivity contribution in [1.29, 1.82) is 0 Å². The van der Waals surface area contributed by atoms with Gasteiger partial charge in [0.2, 0.25) is 0 Å². The van der Waals surface area contributed by atoms with Gasteiger partial charge in [0, 0.05) is 12.4 Å². The normalized spacial score (nSPS) is 11.3. The Kier molecular flexibility index (Phi) is 5.62. The Labute approximate surface area is 118 Å². The Hall–Kier alpha value is -1.50. The Balaban J connectivity index is 3.12. The van der Waals surface area contributed by atoms with Crippen molar-refractivity contribution in [2.75, 3.05) is 26.1 Å². The lowest BCUT2D eigenvalue weighted by molar-refractivity contribution is -0.140. The predicted molar refractivity (Wildman–Crippen MR) is 65.6 cm³/mol. The molecule has 1 aromatic carbocycles. The van der Waals surface area contributed by atoms with Gasteiger partial charge in [0.1, 0.15) is 23.7 Å². The molecule has 3 nitrogen and oxygen atoms in total. The number of hydrogen-bond donors (Lipinski definition) is 0. The van der Waals surface area contributed by atoms with Crippen LogP contribution in [0.25, 0.3) is 0 Å². The fraction of sp³-hybridized carbons (Fsp3) is 0.417. The summed E-state index contributed by atoms with van der Waals surface area (Å²) in [7, 11) is 1.20. The molecular formula is C12H12ClF4NO2. The lowest BCUT2D eigenvalue weighted by atomic mass is 10.1. The van der Waals surface area contributed by atoms with Gasteiger partial charge in [-0.2, -0.15) is 13.2 Å². The predicted octanol–water partition coefficient (Wildman–Crippen LogP) is 3.08. The maximum atomic E-state index is 13.7. The lowest BCUT2D eigenvalue weighted by Gasteiger charge is -2.24. The monoisotopic (exact) mass is 313 g/mol. The molecule has 112 valence electrons. The SMILES string of the molecule is COc1cccc(F)c1C(=O)N(CCCl)CC(F)(F)F. The van der Waals surface area contributed by atoms with E-state index in [1.807, 2.05) is 0 Å². The van der Waals surface area contributed by atoms with Gasteiger partial charge in [-0.1, -0.05) is 6.07 Å². The highest BCUT2D eigenvalue weighted by Crippen LogP contribution is 2.25. The minimum Gasteiger partial charge on any atom is -0.496 e. The van der Waals surface area contributed by atoms with Gasteiger partial charge >= 0.3 is 6.18 Å². The molecule has 1 aromatic rings. The number of alkyl halides is 4. The largest absolute Gasteiger partial charge is 0.496 e. The zero-order valence-electron chi connectivity index (χ0n) is 10.5. The number of carbonyl (C=O) groups is 1. The number of benzene rings is 1. The molecule has 0 spiro atoms. The van der Waals surface area contributed by atoms with Crippen LogP contribution in [0.15, 0.2) is 18.2 Å². The summed E-state index contributed by atoms with van der Waals surface area (Å²) in [5, 5.41) is 0. The van der Waals surface area contributed by atoms with E-state index < -0.39 is 30.0 Å². The van der Waals surface area contributed by atoms with E-state index in [0.29, 0.717) is 4.90 Å². The summed E-state index contributed by atoms with van der Waals surface area (Å²) >= 11 is 5.38. The second kappa shape index (κ2) is 6.78. The van der Waals surface area contributed by atoms with E-state index in [2.05, 4.69) is 0 Å². The molecule has 0 saturated carbocycles. The van der Waals surface area contributed by atoms with E-state index >= 15 is 0 Å². The number of ether oxygens (including phenoxy) is 1. The summed E-state index contributed by atoms with van der Waals surface area (Å²) in [6.45, 7) is -1.85. The molecule has 0 aliphatic carbocycles. The average Bonchev–Trinajstić information content (AvgIpc) is 2.35. The topological polar surface area (TPSA) is 29.5 Å². The summed E-state index contributed by atoms with van der Waals surface area (Å²) in [5.41, 5.74) is -0.538. The maximum absolute atomic E-state index is 13.7. The zero-order valence-corrected chi connectivity index (χ0v) is 11.3. The average molecular weight is 314 g/mol. The highest BCUT2D eigenvalue weighted by Gasteiger charge is 2.34. The van der Waals surface area contributed by atoms with Crippen LogP contribution in [0.3, 0.4) is 0 Å². The highest BCUT2D eigenvalue weighted by atomic mass is 35.5. The van der Waals surface area contributed by atoms with E-state index in [1.165, 1.54) is 19.2 Å². The number of hydrogen-bond acceptors (Lipinski definition) is 2. The van der Waals surface area contributed by atoms with Gasteiger partial charge in [-0.05, 0) is 12.1 Å². The van der Waals surface area contributed by atoms with Crippen molar-refractivity contribution in [3.05, 3.63) is 29.6 Å². The van der Waals surface area contributed by atoms with Gasteiger partial charge in [-0.15, -0.1) is 11.6 Å².